The molecule has 3 aromatic rings. The van der Waals surface area contributed by atoms with Gasteiger partial charge in [0, 0.05) is 55.1 Å². The van der Waals surface area contributed by atoms with Crippen LogP contribution in [0.1, 0.15) is 28.5 Å². The predicted molar refractivity (Wildman–Crippen MR) is 102 cm³/mol. The summed E-state index contributed by atoms with van der Waals surface area (Å²) in [4.78, 5) is 6.37. The molecular weight excluding hydrogens is 326 g/mol. The Kier molecular flexibility index (Phi) is 4.76. The Balaban J connectivity index is 1.78. The number of aliphatic hydroxyl groups is 2. The van der Waals surface area contributed by atoms with E-state index in [9.17, 15) is 10.2 Å². The van der Waals surface area contributed by atoms with Gasteiger partial charge in [-0.2, -0.15) is 0 Å². The molecule has 0 aliphatic carbocycles. The van der Waals surface area contributed by atoms with Crippen LogP contribution in [0.4, 0.5) is 0 Å². The van der Waals surface area contributed by atoms with Crippen molar-refractivity contribution in [3.63, 3.8) is 0 Å². The van der Waals surface area contributed by atoms with Crippen LogP contribution in [0.3, 0.4) is 0 Å². The van der Waals surface area contributed by atoms with Gasteiger partial charge in [0.15, 0.2) is 0 Å². The molecular formula is C21H25N3O2. The fraction of sp³-hybridized carbons (Fsp3) is 0.381. The molecule has 136 valence electrons. The first-order valence-electron chi connectivity index (χ1n) is 9.17. The topological polar surface area (TPSA) is 61.5 Å². The van der Waals surface area contributed by atoms with Gasteiger partial charge in [-0.15, -0.1) is 0 Å². The molecule has 3 heterocycles. The molecule has 0 amide bonds. The number of likely N-dealkylation sites (N-methyl/N-ethyl adjacent to an activating group) is 1. The Morgan fingerprint density at radius 2 is 2.00 bits per heavy atom. The van der Waals surface area contributed by atoms with Crippen LogP contribution in [-0.2, 0) is 25.9 Å². The molecule has 2 aromatic heterocycles. The fourth-order valence-corrected chi connectivity index (χ4v) is 3.99. The highest BCUT2D eigenvalue weighted by atomic mass is 16.3. The third kappa shape index (κ3) is 3.14. The molecule has 1 unspecified atom stereocenters. The lowest BCUT2D eigenvalue weighted by Gasteiger charge is -2.25. The van der Waals surface area contributed by atoms with E-state index in [2.05, 4.69) is 39.7 Å². The fourth-order valence-electron chi connectivity index (χ4n) is 3.99. The van der Waals surface area contributed by atoms with Crippen molar-refractivity contribution in [3.05, 3.63) is 65.1 Å². The lowest BCUT2D eigenvalue weighted by molar-refractivity contribution is 0.156. The Morgan fingerprint density at radius 1 is 1.19 bits per heavy atom. The first-order valence-corrected chi connectivity index (χ1v) is 9.17. The SMILES string of the molecule is CN1CCc2c(c3cc(CCO)ccc3n2CC(O)c2ccncc2)C1. The highest BCUT2D eigenvalue weighted by Gasteiger charge is 2.24. The molecule has 5 heteroatoms. The summed E-state index contributed by atoms with van der Waals surface area (Å²) < 4.78 is 2.28. The van der Waals surface area contributed by atoms with Crippen molar-refractivity contribution in [3.8, 4) is 0 Å². The molecule has 0 saturated carbocycles. The highest BCUT2D eigenvalue weighted by Crippen LogP contribution is 2.33. The first kappa shape index (κ1) is 17.2. The average Bonchev–Trinajstić information content (AvgIpc) is 2.95. The molecule has 0 fully saturated rings. The van der Waals surface area contributed by atoms with E-state index in [-0.39, 0.29) is 6.61 Å². The van der Waals surface area contributed by atoms with E-state index >= 15 is 0 Å². The Hall–Kier alpha value is -2.21. The van der Waals surface area contributed by atoms with E-state index in [0.29, 0.717) is 13.0 Å². The number of aromatic nitrogens is 2. The molecule has 2 N–H and O–H groups in total. The van der Waals surface area contributed by atoms with E-state index in [4.69, 9.17) is 0 Å². The summed E-state index contributed by atoms with van der Waals surface area (Å²) in [5.74, 6) is 0. The maximum atomic E-state index is 10.8. The molecule has 1 aromatic carbocycles. The average molecular weight is 351 g/mol. The number of hydrogen-bond donors (Lipinski definition) is 2. The summed E-state index contributed by atoms with van der Waals surface area (Å²) in [5.41, 5.74) is 5.89. The maximum Gasteiger partial charge on any atom is 0.0970 e. The van der Waals surface area contributed by atoms with Crippen molar-refractivity contribution in [2.75, 3.05) is 20.2 Å². The summed E-state index contributed by atoms with van der Waals surface area (Å²) in [6.45, 7) is 2.65. The lowest BCUT2D eigenvalue weighted by atomic mass is 10.0. The van der Waals surface area contributed by atoms with Gasteiger partial charge in [0.1, 0.15) is 0 Å². The van der Waals surface area contributed by atoms with Crippen LogP contribution in [0.15, 0.2) is 42.7 Å². The number of aliphatic hydroxyl groups excluding tert-OH is 2. The normalized spacial score (nSPS) is 16.0. The van der Waals surface area contributed by atoms with Crippen molar-refractivity contribution in [1.29, 1.82) is 0 Å². The minimum atomic E-state index is -0.561. The summed E-state index contributed by atoms with van der Waals surface area (Å²) >= 11 is 0. The smallest absolute Gasteiger partial charge is 0.0970 e. The van der Waals surface area contributed by atoms with Crippen molar-refractivity contribution < 1.29 is 10.2 Å². The van der Waals surface area contributed by atoms with Crippen LogP contribution < -0.4 is 0 Å². The summed E-state index contributed by atoms with van der Waals surface area (Å²) in [6, 6.07) is 10.2. The van der Waals surface area contributed by atoms with Gasteiger partial charge < -0.3 is 19.7 Å². The third-order valence-corrected chi connectivity index (χ3v) is 5.36. The van der Waals surface area contributed by atoms with Crippen molar-refractivity contribution in [2.24, 2.45) is 0 Å². The number of hydrogen-bond acceptors (Lipinski definition) is 4. The quantitative estimate of drug-likeness (QED) is 0.740. The lowest BCUT2D eigenvalue weighted by Crippen LogP contribution is -2.27. The zero-order chi connectivity index (χ0) is 18.1. The number of nitrogens with zero attached hydrogens (tertiary/aromatic N) is 3. The van der Waals surface area contributed by atoms with E-state index < -0.39 is 6.10 Å². The number of fused-ring (bicyclic) bond motifs is 3. The van der Waals surface area contributed by atoms with Crippen LogP contribution in [0.25, 0.3) is 10.9 Å². The van der Waals surface area contributed by atoms with E-state index in [0.717, 1.165) is 30.6 Å². The van der Waals surface area contributed by atoms with Crippen LogP contribution in [0.5, 0.6) is 0 Å². The van der Waals surface area contributed by atoms with Crippen molar-refractivity contribution in [2.45, 2.75) is 32.0 Å². The second-order valence-electron chi connectivity index (χ2n) is 7.15. The van der Waals surface area contributed by atoms with Gasteiger partial charge >= 0.3 is 0 Å². The minimum Gasteiger partial charge on any atom is -0.396 e. The van der Waals surface area contributed by atoms with E-state index in [1.54, 1.807) is 12.4 Å². The van der Waals surface area contributed by atoms with Gasteiger partial charge in [0.05, 0.1) is 12.6 Å². The Morgan fingerprint density at radius 3 is 2.77 bits per heavy atom. The van der Waals surface area contributed by atoms with Gasteiger partial charge in [-0.1, -0.05) is 6.07 Å². The molecule has 26 heavy (non-hydrogen) atoms. The summed E-state index contributed by atoms with van der Waals surface area (Å²) in [5, 5.41) is 21.3. The molecule has 1 aliphatic heterocycles. The molecule has 0 bridgehead atoms. The van der Waals surface area contributed by atoms with Crippen LogP contribution in [-0.4, -0.2) is 44.9 Å². The molecule has 1 atom stereocenters. The van der Waals surface area contributed by atoms with Gasteiger partial charge in [-0.3, -0.25) is 4.98 Å². The second kappa shape index (κ2) is 7.19. The number of pyridine rings is 1. The van der Waals surface area contributed by atoms with Gasteiger partial charge in [-0.05, 0) is 54.4 Å². The van der Waals surface area contributed by atoms with Gasteiger partial charge in [0.2, 0.25) is 0 Å². The monoisotopic (exact) mass is 351 g/mol. The van der Waals surface area contributed by atoms with Crippen LogP contribution in [0, 0.1) is 0 Å². The maximum absolute atomic E-state index is 10.8. The van der Waals surface area contributed by atoms with Crippen LogP contribution in [0.2, 0.25) is 0 Å². The molecule has 4 rings (SSSR count). The predicted octanol–water partition coefficient (Wildman–Crippen LogP) is 2.29. The third-order valence-electron chi connectivity index (χ3n) is 5.36. The Bertz CT molecular complexity index is 905. The molecule has 1 aliphatic rings. The second-order valence-corrected chi connectivity index (χ2v) is 7.15. The summed E-state index contributed by atoms with van der Waals surface area (Å²) in [6.07, 6.45) is 4.54. The summed E-state index contributed by atoms with van der Waals surface area (Å²) in [7, 11) is 2.15. The van der Waals surface area contributed by atoms with E-state index in [1.165, 1.54) is 22.2 Å². The van der Waals surface area contributed by atoms with Gasteiger partial charge in [-0.25, -0.2) is 0 Å². The highest BCUT2D eigenvalue weighted by molar-refractivity contribution is 5.86. The standard InChI is InChI=1S/C21H25N3O2/c1-23-10-6-20-18(13-23)17-12-15(7-11-25)2-3-19(17)24(20)14-21(26)16-4-8-22-9-5-16/h2-5,8-9,12,21,25-26H,6-7,10-11,13-14H2,1H3. The molecule has 0 saturated heterocycles. The molecule has 0 radical (unpaired) electrons. The Labute approximate surface area is 153 Å². The largest absolute Gasteiger partial charge is 0.396 e. The zero-order valence-corrected chi connectivity index (χ0v) is 15.1. The number of rotatable bonds is 5. The minimum absolute atomic E-state index is 0.162. The van der Waals surface area contributed by atoms with E-state index in [1.807, 2.05) is 12.1 Å². The molecule has 0 spiro atoms. The van der Waals surface area contributed by atoms with Gasteiger partial charge in [0.25, 0.3) is 0 Å². The zero-order valence-electron chi connectivity index (χ0n) is 15.1. The van der Waals surface area contributed by atoms with Crippen molar-refractivity contribution >= 4 is 10.9 Å². The van der Waals surface area contributed by atoms with Crippen molar-refractivity contribution in [1.82, 2.24) is 14.5 Å². The van der Waals surface area contributed by atoms with Crippen LogP contribution >= 0.6 is 0 Å². The number of benzene rings is 1. The molecule has 5 nitrogen and oxygen atoms in total. The first-order chi connectivity index (χ1) is 12.7.